The van der Waals surface area contributed by atoms with Gasteiger partial charge in [-0.1, -0.05) is 25.3 Å². The Morgan fingerprint density at radius 3 is 1.07 bits per heavy atom. The number of aliphatic hydroxyl groups is 3. The van der Waals surface area contributed by atoms with Gasteiger partial charge in [-0.3, -0.25) is 9.59 Å². The Bertz CT molecular complexity index is 1570. The molecule has 31 N–H and O–H groups in total. The van der Waals surface area contributed by atoms with E-state index in [4.69, 9.17) is 95.6 Å². The Kier molecular flexibility index (Phi) is 45.7. The van der Waals surface area contributed by atoms with Gasteiger partial charge in [-0.25, -0.2) is 13.2 Å². The van der Waals surface area contributed by atoms with Gasteiger partial charge in [0, 0.05) is 116 Å². The lowest BCUT2D eigenvalue weighted by Gasteiger charge is -2.25. The third-order valence-electron chi connectivity index (χ3n) is 18.7. The largest absolute Gasteiger partial charge is 0.396 e. The first kappa shape index (κ1) is 82.0. The number of Topliss-reactive ketones (excluding diaryl/α,β-unsaturated/α-hetero) is 1. The smallest absolute Gasteiger partial charge is 0.248 e. The van der Waals surface area contributed by atoms with E-state index in [-0.39, 0.29) is 72.9 Å². The summed E-state index contributed by atoms with van der Waals surface area (Å²) in [6.45, 7) is 2.04. The zero-order chi connectivity index (χ0) is 64.6. The first-order chi connectivity index (χ1) is 40.6. The Balaban J connectivity index is 0.000000478. The average Bonchev–Trinajstić information content (AvgIpc) is 3.52. The van der Waals surface area contributed by atoms with Crippen molar-refractivity contribution < 1.29 is 38.1 Å². The lowest BCUT2D eigenvalue weighted by molar-refractivity contribution is -0.123. The summed E-state index contributed by atoms with van der Waals surface area (Å²) in [5.74, 6) is -1.27. The van der Waals surface area contributed by atoms with Crippen molar-refractivity contribution in [1.29, 1.82) is 0 Å². The summed E-state index contributed by atoms with van der Waals surface area (Å²) in [5.41, 5.74) is 78.1. The van der Waals surface area contributed by atoms with Crippen LogP contribution in [-0.4, -0.2) is 130 Å². The maximum absolute atomic E-state index is 12.3. The average molecular weight is 1240 g/mol. The molecule has 0 saturated heterocycles. The number of amides is 1. The highest BCUT2D eigenvalue weighted by molar-refractivity contribution is 5.78. The van der Waals surface area contributed by atoms with Gasteiger partial charge in [0.2, 0.25) is 11.8 Å². The number of hydrogen-bond acceptors (Lipinski definition) is 18. The molecular formula is C64H133F3N14O5. The van der Waals surface area contributed by atoms with Gasteiger partial charge in [-0.05, 0) is 225 Å². The molecule has 7 atom stereocenters. The van der Waals surface area contributed by atoms with Gasteiger partial charge < -0.3 is 95.6 Å². The maximum atomic E-state index is 12.3. The Morgan fingerprint density at radius 1 is 0.430 bits per heavy atom. The summed E-state index contributed by atoms with van der Waals surface area (Å²) in [5, 5.41) is 26.7. The van der Waals surface area contributed by atoms with E-state index in [2.05, 4.69) is 0 Å². The van der Waals surface area contributed by atoms with Gasteiger partial charge in [-0.15, -0.1) is 0 Å². The summed E-state index contributed by atoms with van der Waals surface area (Å²) >= 11 is 0. The molecule has 0 aromatic heterocycles. The van der Waals surface area contributed by atoms with Crippen LogP contribution in [0.1, 0.15) is 257 Å². The third kappa shape index (κ3) is 43.7. The van der Waals surface area contributed by atoms with Gasteiger partial charge in [0.1, 0.15) is 5.78 Å². The number of nitrogens with two attached hydrogens (primary N) is 14. The zero-order valence-corrected chi connectivity index (χ0v) is 53.6. The van der Waals surface area contributed by atoms with E-state index in [0.717, 1.165) is 180 Å². The summed E-state index contributed by atoms with van der Waals surface area (Å²) in [7, 11) is 0. The quantitative estimate of drug-likeness (QED) is 0.164. The van der Waals surface area contributed by atoms with Crippen molar-refractivity contribution in [2.75, 3.05) is 6.61 Å². The minimum atomic E-state index is -2.42. The molecule has 9 fully saturated rings. The topological polar surface area (TPSA) is 459 Å². The zero-order valence-electron chi connectivity index (χ0n) is 53.6. The van der Waals surface area contributed by atoms with E-state index in [1.165, 1.54) is 32.1 Å². The van der Waals surface area contributed by atoms with Crippen molar-refractivity contribution >= 4 is 11.7 Å². The molecule has 0 heterocycles. The normalized spacial score (nSPS) is 35.9. The van der Waals surface area contributed by atoms with Crippen molar-refractivity contribution in [3.05, 3.63) is 11.9 Å². The molecule has 0 bridgehead atoms. The van der Waals surface area contributed by atoms with Crippen LogP contribution >= 0.6 is 0 Å². The minimum Gasteiger partial charge on any atom is -0.396 e. The Labute approximate surface area is 518 Å². The number of rotatable bonds is 3. The summed E-state index contributed by atoms with van der Waals surface area (Å²) in [6, 6.07) is 4.13. The monoisotopic (exact) mass is 1240 g/mol. The third-order valence-corrected chi connectivity index (χ3v) is 18.7. The predicted molar refractivity (Wildman–Crippen MR) is 347 cm³/mol. The van der Waals surface area contributed by atoms with Gasteiger partial charge in [0.25, 0.3) is 0 Å². The molecular weight excluding hydrogens is 1100 g/mol. The van der Waals surface area contributed by atoms with Gasteiger partial charge in [0.15, 0.2) is 0 Å². The fourth-order valence-corrected chi connectivity index (χ4v) is 12.1. The van der Waals surface area contributed by atoms with Crippen LogP contribution in [0, 0.1) is 17.8 Å². The van der Waals surface area contributed by atoms with Crippen LogP contribution < -0.4 is 80.3 Å². The summed E-state index contributed by atoms with van der Waals surface area (Å²) in [6.07, 6.45) is 38.3. The molecule has 10 aliphatic carbocycles. The standard InChI is InChI=1S/C8H15NO.C7H14N2O.C7H15NO.C6H11F2N.C6H10FN.3C6H14N2.2C6H13NO/c1-6(10)7-2-4-8(9)5-3-7;8-6-3-1-5(2-4-6)7(9)10;8-7-3-1-6(5-9)2-4-7;7-6(8)3-1-5(9)2-4-6;7-5-1-3-6(8)4-2-5;7-5-1-2-6(8)4-3-5;7-5-2-1-3-6(8)4-5;7-5-3-1-2-4-6(5)8;7-5-1-3-6(8)4-2-5;7-5-2-1-3-6(8)4-5/h7-8H,2-5,9H2,1H3;5-6H,1-4,8H2,(H2,9,10);6-7,9H,1-5,8H2;5H,1-4,9H2;1,6H,2-4,8H2;3*5-6H,1-4,7-8H2;2*5-6,8H,1-4,7H2. The Hall–Kier alpha value is -1.97. The Morgan fingerprint density at radius 2 is 0.791 bits per heavy atom. The fraction of sp³-hybridized carbons (Fsp3) is 0.938. The highest BCUT2D eigenvalue weighted by Gasteiger charge is 2.33. The highest BCUT2D eigenvalue weighted by atomic mass is 19.3. The van der Waals surface area contributed by atoms with Crippen molar-refractivity contribution in [3.8, 4) is 0 Å². The summed E-state index contributed by atoms with van der Waals surface area (Å²) in [4.78, 5) is 21.5. The van der Waals surface area contributed by atoms with Crippen LogP contribution in [0.2, 0.25) is 0 Å². The molecule has 10 rings (SSSR count). The van der Waals surface area contributed by atoms with E-state index in [9.17, 15) is 22.8 Å². The molecule has 0 aromatic carbocycles. The second-order valence-corrected chi connectivity index (χ2v) is 27.2. The number of primary amides is 1. The summed E-state index contributed by atoms with van der Waals surface area (Å²) < 4.78 is 36.8. The van der Waals surface area contributed by atoms with Crippen LogP contribution in [0.15, 0.2) is 11.9 Å². The van der Waals surface area contributed by atoms with Crippen LogP contribution in [0.5, 0.6) is 0 Å². The first-order valence-electron chi connectivity index (χ1n) is 33.9. The van der Waals surface area contributed by atoms with E-state index < -0.39 is 5.92 Å². The second kappa shape index (κ2) is 47.9. The molecule has 1 amide bonds. The SMILES string of the molecule is CC(=O)C1CCC(N)CC1.NC(=O)C1CCC(N)CC1.NC1CC=C(F)CC1.NC1CCC(CO)CC1.NC1CCC(F)(F)CC1.NC1CCC(N)CC1.NC1CCC(O)CC1.NC1CCCC(N)C1.NC1CCCC(O)C1.NC1CCCCC1N. The number of ketones is 1. The number of allylic oxidation sites excluding steroid dienone is 1. The molecule has 510 valence electrons. The second-order valence-electron chi connectivity index (χ2n) is 27.2. The van der Waals surface area contributed by atoms with Crippen molar-refractivity contribution in [2.24, 2.45) is 98.0 Å². The molecule has 7 unspecified atom stereocenters. The van der Waals surface area contributed by atoms with Crippen LogP contribution in [0.3, 0.4) is 0 Å². The number of carbonyl (C=O) groups excluding carboxylic acids is 2. The van der Waals surface area contributed by atoms with E-state index >= 15 is 0 Å². The van der Waals surface area contributed by atoms with Gasteiger partial charge in [-0.2, -0.15) is 0 Å². The molecule has 86 heavy (non-hydrogen) atoms. The van der Waals surface area contributed by atoms with E-state index in [1.54, 1.807) is 13.0 Å². The molecule has 10 aliphatic rings. The minimum absolute atomic E-state index is 0.00620. The molecule has 0 aliphatic heterocycles. The van der Waals surface area contributed by atoms with E-state index in [0.29, 0.717) is 98.2 Å². The van der Waals surface area contributed by atoms with Crippen LogP contribution in [0.4, 0.5) is 13.2 Å². The first-order valence-corrected chi connectivity index (χ1v) is 33.9. The lowest BCUT2D eigenvalue weighted by atomic mass is 9.84. The maximum Gasteiger partial charge on any atom is 0.248 e. The molecule has 0 radical (unpaired) electrons. The molecule has 0 spiro atoms. The van der Waals surface area contributed by atoms with E-state index in [1.807, 2.05) is 0 Å². The van der Waals surface area contributed by atoms with Crippen molar-refractivity contribution in [3.63, 3.8) is 0 Å². The number of hydrogen-bond donors (Lipinski definition) is 17. The van der Waals surface area contributed by atoms with Gasteiger partial charge >= 0.3 is 0 Å². The van der Waals surface area contributed by atoms with Crippen molar-refractivity contribution in [1.82, 2.24) is 0 Å². The fourth-order valence-electron chi connectivity index (χ4n) is 12.1. The van der Waals surface area contributed by atoms with Gasteiger partial charge in [0.05, 0.1) is 18.0 Å². The highest BCUT2D eigenvalue weighted by Crippen LogP contribution is 2.32. The number of carbonyl (C=O) groups is 2. The van der Waals surface area contributed by atoms with Crippen LogP contribution in [-0.2, 0) is 9.59 Å². The van der Waals surface area contributed by atoms with Crippen molar-refractivity contribution in [2.45, 2.75) is 354 Å². The molecule has 19 nitrogen and oxygen atoms in total. The predicted octanol–water partition coefficient (Wildman–Crippen LogP) is 5.59. The lowest BCUT2D eigenvalue weighted by Crippen LogP contribution is -2.43. The number of halogens is 3. The molecule has 9 saturated carbocycles. The molecule has 22 heteroatoms. The molecule has 0 aromatic rings. The number of alkyl halides is 2. The number of aliphatic hydroxyl groups excluding tert-OH is 3. The van der Waals surface area contributed by atoms with Crippen LogP contribution in [0.25, 0.3) is 0 Å².